The summed E-state index contributed by atoms with van der Waals surface area (Å²) in [5.41, 5.74) is 9.46. The Morgan fingerprint density at radius 3 is 1.56 bits per heavy atom. The number of nitrogens with zero attached hydrogens (tertiary/aromatic N) is 7. The molecule has 0 aliphatic rings. The van der Waals surface area contributed by atoms with Crippen LogP contribution in [0.4, 0.5) is 10.1 Å². The summed E-state index contributed by atoms with van der Waals surface area (Å²) in [6.45, 7) is 7.68. The zero-order chi connectivity index (χ0) is 41.8. The van der Waals surface area contributed by atoms with E-state index in [2.05, 4.69) is 29.1 Å². The minimum absolute atomic E-state index is 0.269. The molecule has 0 unspecified atom stereocenters. The Hall–Kier alpha value is -9.26. The highest BCUT2D eigenvalue weighted by molar-refractivity contribution is 6.12. The molecule has 0 saturated carbocycles. The van der Waals surface area contributed by atoms with Crippen molar-refractivity contribution in [2.75, 3.05) is 0 Å². The van der Waals surface area contributed by atoms with Crippen LogP contribution >= 0.6 is 0 Å². The van der Waals surface area contributed by atoms with E-state index in [0.29, 0.717) is 55.7 Å². The predicted molar refractivity (Wildman–Crippen MR) is 237 cm³/mol. The highest BCUT2D eigenvalue weighted by Gasteiger charge is 2.25. The Labute approximate surface area is 348 Å². The fourth-order valence-electron chi connectivity index (χ4n) is 8.57. The van der Waals surface area contributed by atoms with Crippen LogP contribution in [0, 0.1) is 57.7 Å². The fourth-order valence-corrected chi connectivity index (χ4v) is 8.57. The molecular formula is C53H26FN7. The van der Waals surface area contributed by atoms with Gasteiger partial charge in [0, 0.05) is 32.7 Å². The molecule has 0 radical (unpaired) electrons. The van der Waals surface area contributed by atoms with Crippen molar-refractivity contribution >= 4 is 49.3 Å². The molecule has 8 aromatic carbocycles. The summed E-state index contributed by atoms with van der Waals surface area (Å²) in [7, 11) is 0. The van der Waals surface area contributed by atoms with Crippen LogP contribution in [0.5, 0.6) is 0 Å². The molecule has 280 valence electrons. The lowest BCUT2D eigenvalue weighted by Gasteiger charge is -2.19. The van der Waals surface area contributed by atoms with Crippen molar-refractivity contribution in [3.8, 4) is 69.0 Å². The van der Waals surface area contributed by atoms with Gasteiger partial charge in [0.15, 0.2) is 11.5 Å². The van der Waals surface area contributed by atoms with Gasteiger partial charge in [0.25, 0.3) is 0 Å². The zero-order valence-electron chi connectivity index (χ0n) is 32.0. The van der Waals surface area contributed by atoms with Crippen molar-refractivity contribution in [3.05, 3.63) is 197 Å². The van der Waals surface area contributed by atoms with Gasteiger partial charge in [-0.05, 0) is 113 Å². The maximum absolute atomic E-state index is 18.6. The number of fused-ring (bicyclic) bond motifs is 6. The van der Waals surface area contributed by atoms with Crippen molar-refractivity contribution < 1.29 is 4.39 Å². The molecule has 10 aromatic rings. The Kier molecular flexibility index (Phi) is 8.46. The molecule has 0 spiro atoms. The highest BCUT2D eigenvalue weighted by Crippen LogP contribution is 2.43. The molecule has 7 nitrogen and oxygen atoms in total. The fraction of sp³-hybridized carbons (Fsp3) is 0. The smallest absolute Gasteiger partial charge is 0.189 e. The van der Waals surface area contributed by atoms with Crippen LogP contribution in [0.2, 0.25) is 0 Å². The Bertz CT molecular complexity index is 3680. The van der Waals surface area contributed by atoms with Crippen LogP contribution < -0.4 is 0 Å². The van der Waals surface area contributed by atoms with Crippen molar-refractivity contribution in [1.29, 1.82) is 21.0 Å². The number of aromatic nitrogens is 2. The summed E-state index contributed by atoms with van der Waals surface area (Å²) in [5, 5.41) is 42.8. The second kappa shape index (κ2) is 14.3. The first-order chi connectivity index (χ1) is 29.9. The first-order valence-corrected chi connectivity index (χ1v) is 19.2. The van der Waals surface area contributed by atoms with E-state index in [0.717, 1.165) is 49.2 Å². The van der Waals surface area contributed by atoms with Crippen molar-refractivity contribution in [2.45, 2.75) is 0 Å². The Morgan fingerprint density at radius 1 is 0.426 bits per heavy atom. The van der Waals surface area contributed by atoms with E-state index < -0.39 is 5.82 Å². The molecule has 0 aliphatic carbocycles. The largest absolute Gasteiger partial charge is 0.306 e. The zero-order valence-corrected chi connectivity index (χ0v) is 32.0. The van der Waals surface area contributed by atoms with E-state index in [1.54, 1.807) is 60.7 Å². The van der Waals surface area contributed by atoms with Gasteiger partial charge in [-0.1, -0.05) is 72.8 Å². The minimum atomic E-state index is -0.513. The average molecular weight is 780 g/mol. The molecule has 2 heterocycles. The normalized spacial score (nSPS) is 11.0. The van der Waals surface area contributed by atoms with E-state index in [1.165, 1.54) is 0 Å². The van der Waals surface area contributed by atoms with Gasteiger partial charge < -0.3 is 9.13 Å². The van der Waals surface area contributed by atoms with Crippen LogP contribution in [-0.2, 0) is 0 Å². The third-order valence-corrected chi connectivity index (χ3v) is 11.2. The number of para-hydroxylation sites is 2. The van der Waals surface area contributed by atoms with Crippen LogP contribution in [-0.4, -0.2) is 9.13 Å². The molecule has 0 N–H and O–H groups in total. The van der Waals surface area contributed by atoms with Crippen molar-refractivity contribution in [3.63, 3.8) is 0 Å². The van der Waals surface area contributed by atoms with E-state index in [-0.39, 0.29) is 11.4 Å². The lowest BCUT2D eigenvalue weighted by Crippen LogP contribution is -2.06. The summed E-state index contributed by atoms with van der Waals surface area (Å²) in [5.74, 6) is -0.513. The van der Waals surface area contributed by atoms with Crippen LogP contribution in [0.25, 0.3) is 93.2 Å². The Morgan fingerprint density at radius 2 is 0.951 bits per heavy atom. The predicted octanol–water partition coefficient (Wildman–Crippen LogP) is 13.1. The van der Waals surface area contributed by atoms with E-state index in [4.69, 9.17) is 6.57 Å². The minimum Gasteiger partial charge on any atom is -0.306 e. The summed E-state index contributed by atoms with van der Waals surface area (Å²) in [4.78, 5) is 3.61. The molecule has 0 saturated heterocycles. The third-order valence-electron chi connectivity index (χ3n) is 11.2. The monoisotopic (exact) mass is 779 g/mol. The van der Waals surface area contributed by atoms with Gasteiger partial charge in [-0.25, -0.2) is 9.24 Å². The number of nitriles is 4. The van der Waals surface area contributed by atoms with Crippen molar-refractivity contribution in [1.82, 2.24) is 9.13 Å². The lowest BCUT2D eigenvalue weighted by molar-refractivity contribution is 0.615. The SMILES string of the molecule is [C-]#[N+]c1cc(C#N)cc(-c2ccc3c4ccccc4n(-c4c(-c5cccc(C#N)c5)ccc(-n5c6ccccc6c6ccc(-c7cc(C#N)cc(C#N)c7)cc65)c4F)c3c2)c1. The number of hydrogen-bond donors (Lipinski definition) is 0. The van der Waals surface area contributed by atoms with Gasteiger partial charge in [-0.2, -0.15) is 21.0 Å². The van der Waals surface area contributed by atoms with Crippen LogP contribution in [0.3, 0.4) is 0 Å². The summed E-state index contributed by atoms with van der Waals surface area (Å²) in [6.07, 6.45) is 0. The van der Waals surface area contributed by atoms with Crippen molar-refractivity contribution in [2.24, 2.45) is 0 Å². The van der Waals surface area contributed by atoms with Gasteiger partial charge in [-0.15, -0.1) is 0 Å². The number of halogens is 1. The van der Waals surface area contributed by atoms with Crippen LogP contribution in [0.15, 0.2) is 158 Å². The molecule has 0 aliphatic heterocycles. The topological polar surface area (TPSA) is 109 Å². The maximum atomic E-state index is 18.6. The molecule has 61 heavy (non-hydrogen) atoms. The second-order valence-corrected chi connectivity index (χ2v) is 14.7. The first kappa shape index (κ1) is 36.1. The van der Waals surface area contributed by atoms with Gasteiger partial charge in [0.05, 0.1) is 81.0 Å². The quantitative estimate of drug-likeness (QED) is 0.162. The molecule has 0 atom stereocenters. The Balaban J connectivity index is 1.31. The molecule has 10 rings (SSSR count). The molecule has 0 fully saturated rings. The molecule has 2 aromatic heterocycles. The molecule has 0 bridgehead atoms. The maximum Gasteiger partial charge on any atom is 0.189 e. The third kappa shape index (κ3) is 5.83. The summed E-state index contributed by atoms with van der Waals surface area (Å²) < 4.78 is 22.5. The van der Waals surface area contributed by atoms with Gasteiger partial charge in [-0.3, -0.25) is 0 Å². The standard InChI is InChI=1S/C53H26FN7/c1-59-41-24-35(31-58)23-40(25-41)37-14-16-46-44-10-3-5-12-48(44)61(51(46)27-37)53-42(38-8-6-7-32(20-38)28-55)17-18-49(52(53)54)60-47-11-4-2-9-43(47)45-15-13-36(26-50(45)60)39-21-33(29-56)19-34(22-39)30-57/h2-27H. The molecule has 8 heteroatoms. The van der Waals surface area contributed by atoms with E-state index in [9.17, 15) is 21.0 Å². The second-order valence-electron chi connectivity index (χ2n) is 14.7. The molecule has 0 amide bonds. The van der Waals surface area contributed by atoms with Gasteiger partial charge in [0.1, 0.15) is 0 Å². The summed E-state index contributed by atoms with van der Waals surface area (Å²) in [6, 6.07) is 57.1. The average Bonchev–Trinajstić information content (AvgIpc) is 3.82. The number of rotatable bonds is 5. The van der Waals surface area contributed by atoms with Gasteiger partial charge >= 0.3 is 0 Å². The van der Waals surface area contributed by atoms with Crippen LogP contribution in [0.1, 0.15) is 22.3 Å². The van der Waals surface area contributed by atoms with Gasteiger partial charge in [0.2, 0.25) is 0 Å². The first-order valence-electron chi connectivity index (χ1n) is 19.2. The summed E-state index contributed by atoms with van der Waals surface area (Å²) >= 11 is 0. The number of benzene rings is 8. The van der Waals surface area contributed by atoms with E-state index >= 15 is 4.39 Å². The lowest BCUT2D eigenvalue weighted by atomic mass is 9.99. The van der Waals surface area contributed by atoms with E-state index in [1.807, 2.05) is 106 Å². The highest BCUT2D eigenvalue weighted by atomic mass is 19.1. The number of hydrogen-bond acceptors (Lipinski definition) is 4. The molecular weight excluding hydrogens is 754 g/mol.